The van der Waals surface area contributed by atoms with Crippen LogP contribution in [-0.2, 0) is 4.74 Å². The summed E-state index contributed by atoms with van der Waals surface area (Å²) in [7, 11) is 1.72. The zero-order valence-corrected chi connectivity index (χ0v) is 7.47. The average Bonchev–Trinajstić information content (AvgIpc) is 2.05. The van der Waals surface area contributed by atoms with Crippen LogP contribution in [0.25, 0.3) is 0 Å². The van der Waals surface area contributed by atoms with E-state index in [2.05, 4.69) is 17.7 Å². The summed E-state index contributed by atoms with van der Waals surface area (Å²) in [4.78, 5) is 2.28. The molecule has 0 aromatic heterocycles. The highest BCUT2D eigenvalue weighted by molar-refractivity contribution is 4.84. The topological polar surface area (TPSA) is 12.5 Å². The first-order valence-corrected chi connectivity index (χ1v) is 3.99. The van der Waals surface area contributed by atoms with Crippen molar-refractivity contribution in [2.75, 3.05) is 33.4 Å². The van der Waals surface area contributed by atoms with Gasteiger partial charge in [-0.15, -0.1) is 12.3 Å². The summed E-state index contributed by atoms with van der Waals surface area (Å²) >= 11 is 0. The summed E-state index contributed by atoms with van der Waals surface area (Å²) < 4.78 is 4.96. The lowest BCUT2D eigenvalue weighted by molar-refractivity contribution is 0.152. The lowest BCUT2D eigenvalue weighted by Gasteiger charge is -2.17. The highest BCUT2D eigenvalue weighted by Gasteiger charge is 1.98. The van der Waals surface area contributed by atoms with E-state index in [1.165, 1.54) is 0 Å². The summed E-state index contributed by atoms with van der Waals surface area (Å²) in [5.74, 6) is 2.63. The summed E-state index contributed by atoms with van der Waals surface area (Å²) in [5.41, 5.74) is 0. The maximum Gasteiger partial charge on any atom is 0.0589 e. The quantitative estimate of drug-likeness (QED) is 0.530. The fourth-order valence-electron chi connectivity index (χ4n) is 0.871. The van der Waals surface area contributed by atoms with E-state index in [1.54, 1.807) is 7.11 Å². The van der Waals surface area contributed by atoms with Crippen LogP contribution in [0.5, 0.6) is 0 Å². The van der Waals surface area contributed by atoms with E-state index in [0.29, 0.717) is 0 Å². The van der Waals surface area contributed by atoms with Crippen molar-refractivity contribution in [2.24, 2.45) is 0 Å². The van der Waals surface area contributed by atoms with Crippen molar-refractivity contribution in [3.8, 4) is 12.3 Å². The monoisotopic (exact) mass is 155 g/mol. The molecule has 0 aliphatic carbocycles. The Kier molecular flexibility index (Phi) is 7.23. The standard InChI is InChI=1S/C9H17NO/c1-4-6-7-10(5-2)8-9-11-3/h1H,5-9H2,2-3H3. The summed E-state index contributed by atoms with van der Waals surface area (Å²) in [6.45, 7) is 5.93. The third kappa shape index (κ3) is 5.90. The lowest BCUT2D eigenvalue weighted by Crippen LogP contribution is -2.27. The molecule has 0 aromatic rings. The Hall–Kier alpha value is -0.520. The molecule has 0 aromatic carbocycles. The van der Waals surface area contributed by atoms with E-state index in [9.17, 15) is 0 Å². The summed E-state index contributed by atoms with van der Waals surface area (Å²) in [6.07, 6.45) is 5.98. The number of terminal acetylenes is 1. The van der Waals surface area contributed by atoms with Crippen molar-refractivity contribution in [2.45, 2.75) is 13.3 Å². The van der Waals surface area contributed by atoms with Crippen molar-refractivity contribution in [1.29, 1.82) is 0 Å². The Balaban J connectivity index is 3.34. The van der Waals surface area contributed by atoms with Gasteiger partial charge in [-0.25, -0.2) is 0 Å². The molecule has 0 saturated heterocycles. The molecule has 0 rings (SSSR count). The van der Waals surface area contributed by atoms with E-state index in [1.807, 2.05) is 0 Å². The number of rotatable bonds is 6. The predicted octanol–water partition coefficient (Wildman–Crippen LogP) is 0.978. The van der Waals surface area contributed by atoms with Gasteiger partial charge in [-0.1, -0.05) is 6.92 Å². The van der Waals surface area contributed by atoms with Gasteiger partial charge in [-0.3, -0.25) is 0 Å². The smallest absolute Gasteiger partial charge is 0.0589 e. The van der Waals surface area contributed by atoms with E-state index >= 15 is 0 Å². The van der Waals surface area contributed by atoms with Gasteiger partial charge >= 0.3 is 0 Å². The van der Waals surface area contributed by atoms with Crippen molar-refractivity contribution < 1.29 is 4.74 Å². The Bertz CT molecular complexity index is 117. The highest BCUT2D eigenvalue weighted by atomic mass is 16.5. The molecule has 0 fully saturated rings. The molecule has 0 amide bonds. The molecule has 0 bridgehead atoms. The molecule has 0 radical (unpaired) electrons. The molecule has 64 valence electrons. The van der Waals surface area contributed by atoms with Gasteiger partial charge in [0.2, 0.25) is 0 Å². The van der Waals surface area contributed by atoms with E-state index < -0.39 is 0 Å². The minimum absolute atomic E-state index is 0.790. The molecular weight excluding hydrogens is 138 g/mol. The maximum atomic E-state index is 5.15. The molecule has 0 atom stereocenters. The van der Waals surface area contributed by atoms with Crippen LogP contribution in [0.4, 0.5) is 0 Å². The Morgan fingerprint density at radius 2 is 2.18 bits per heavy atom. The predicted molar refractivity (Wildman–Crippen MR) is 47.4 cm³/mol. The zero-order valence-electron chi connectivity index (χ0n) is 7.47. The molecule has 2 heteroatoms. The van der Waals surface area contributed by atoms with E-state index in [-0.39, 0.29) is 0 Å². The molecule has 11 heavy (non-hydrogen) atoms. The van der Waals surface area contributed by atoms with Crippen LogP contribution in [0.15, 0.2) is 0 Å². The molecule has 0 aliphatic rings. The van der Waals surface area contributed by atoms with Gasteiger partial charge in [0.1, 0.15) is 0 Å². The van der Waals surface area contributed by atoms with Gasteiger partial charge < -0.3 is 9.64 Å². The third-order valence-corrected chi connectivity index (χ3v) is 1.63. The molecule has 0 saturated carbocycles. The largest absolute Gasteiger partial charge is 0.383 e. The SMILES string of the molecule is C#CCCN(CC)CCOC. The fourth-order valence-corrected chi connectivity index (χ4v) is 0.871. The Labute approximate surface area is 69.5 Å². The fraction of sp³-hybridized carbons (Fsp3) is 0.778. The first-order valence-electron chi connectivity index (χ1n) is 3.99. The van der Waals surface area contributed by atoms with Crippen LogP contribution in [0, 0.1) is 12.3 Å². The average molecular weight is 155 g/mol. The van der Waals surface area contributed by atoms with Crippen LogP contribution in [0.1, 0.15) is 13.3 Å². The first-order chi connectivity index (χ1) is 5.35. The lowest BCUT2D eigenvalue weighted by atomic mass is 10.4. The van der Waals surface area contributed by atoms with Crippen molar-refractivity contribution >= 4 is 0 Å². The second kappa shape index (κ2) is 7.59. The van der Waals surface area contributed by atoms with Crippen LogP contribution in [-0.4, -0.2) is 38.3 Å². The first kappa shape index (κ1) is 10.5. The number of ether oxygens (including phenoxy) is 1. The van der Waals surface area contributed by atoms with Crippen LogP contribution < -0.4 is 0 Å². The molecule has 0 N–H and O–H groups in total. The van der Waals surface area contributed by atoms with Crippen molar-refractivity contribution in [3.63, 3.8) is 0 Å². The third-order valence-electron chi connectivity index (χ3n) is 1.63. The normalized spacial score (nSPS) is 10.0. The second-order valence-corrected chi connectivity index (χ2v) is 2.38. The maximum absolute atomic E-state index is 5.15. The van der Waals surface area contributed by atoms with Crippen molar-refractivity contribution in [1.82, 2.24) is 4.90 Å². The zero-order chi connectivity index (χ0) is 8.53. The van der Waals surface area contributed by atoms with E-state index in [4.69, 9.17) is 11.2 Å². The molecule has 0 aliphatic heterocycles. The van der Waals surface area contributed by atoms with Crippen molar-refractivity contribution in [3.05, 3.63) is 0 Å². The number of hydrogen-bond donors (Lipinski definition) is 0. The van der Waals surface area contributed by atoms with Gasteiger partial charge in [0.15, 0.2) is 0 Å². The summed E-state index contributed by atoms with van der Waals surface area (Å²) in [6, 6.07) is 0. The number of methoxy groups -OCH3 is 1. The molecule has 2 nitrogen and oxygen atoms in total. The number of nitrogens with zero attached hydrogens (tertiary/aromatic N) is 1. The van der Waals surface area contributed by atoms with Gasteiger partial charge in [0.25, 0.3) is 0 Å². The van der Waals surface area contributed by atoms with Gasteiger partial charge in [0, 0.05) is 26.6 Å². The van der Waals surface area contributed by atoms with Gasteiger partial charge in [0.05, 0.1) is 6.61 Å². The number of likely N-dealkylation sites (N-methyl/N-ethyl adjacent to an activating group) is 1. The van der Waals surface area contributed by atoms with Crippen LogP contribution in [0.3, 0.4) is 0 Å². The highest BCUT2D eigenvalue weighted by Crippen LogP contribution is 1.89. The van der Waals surface area contributed by atoms with Crippen LogP contribution >= 0.6 is 0 Å². The number of hydrogen-bond acceptors (Lipinski definition) is 2. The second-order valence-electron chi connectivity index (χ2n) is 2.38. The molecule has 0 spiro atoms. The molecule has 0 heterocycles. The molecule has 0 unspecified atom stereocenters. The minimum Gasteiger partial charge on any atom is -0.383 e. The Morgan fingerprint density at radius 1 is 1.45 bits per heavy atom. The Morgan fingerprint density at radius 3 is 2.64 bits per heavy atom. The van der Waals surface area contributed by atoms with E-state index in [0.717, 1.165) is 32.7 Å². The van der Waals surface area contributed by atoms with Gasteiger partial charge in [-0.2, -0.15) is 0 Å². The van der Waals surface area contributed by atoms with Gasteiger partial charge in [-0.05, 0) is 6.54 Å². The molecular formula is C9H17NO. The minimum atomic E-state index is 0.790. The summed E-state index contributed by atoms with van der Waals surface area (Å²) in [5, 5.41) is 0. The van der Waals surface area contributed by atoms with Crippen LogP contribution in [0.2, 0.25) is 0 Å².